The molecule has 0 N–H and O–H groups in total. The van der Waals surface area contributed by atoms with Gasteiger partial charge in [-0.25, -0.2) is 0 Å². The molecule has 0 saturated heterocycles. The molecular weight excluding hydrogens is 389 g/mol. The molecule has 2 aromatic carbocycles. The van der Waals surface area contributed by atoms with Crippen molar-refractivity contribution in [3.05, 3.63) is 66.1 Å². The van der Waals surface area contributed by atoms with Crippen LogP contribution in [0.1, 0.15) is 21.5 Å². The van der Waals surface area contributed by atoms with E-state index in [4.69, 9.17) is 62.7 Å². The molecule has 0 atom stereocenters. The number of benzene rings is 2. The van der Waals surface area contributed by atoms with E-state index in [9.17, 15) is 4.79 Å². The Labute approximate surface area is 152 Å². The summed E-state index contributed by atoms with van der Waals surface area (Å²) in [6, 6.07) is 6.86. The second-order valence-corrected chi connectivity index (χ2v) is 6.29. The highest BCUT2D eigenvalue weighted by atomic mass is 35.5. The van der Waals surface area contributed by atoms with Gasteiger partial charge in [0.05, 0.1) is 37.3 Å². The number of carbonyl (C=O) groups is 1. The Morgan fingerprint density at radius 1 is 0.864 bits per heavy atom. The number of hydrogen-bond donors (Lipinski definition) is 0. The van der Waals surface area contributed by atoms with Crippen molar-refractivity contribution in [2.45, 2.75) is 6.61 Å². The molecule has 0 aliphatic rings. The molecule has 2 rings (SSSR count). The van der Waals surface area contributed by atoms with Crippen LogP contribution in [0.3, 0.4) is 0 Å². The zero-order valence-corrected chi connectivity index (χ0v) is 15.0. The van der Waals surface area contributed by atoms with E-state index < -0.39 is 0 Å². The molecule has 0 spiro atoms. The van der Waals surface area contributed by atoms with Crippen LogP contribution in [0.15, 0.2) is 24.3 Å². The number of ketones is 1. The Morgan fingerprint density at radius 3 is 1.77 bits per heavy atom. The van der Waals surface area contributed by atoms with Crippen molar-refractivity contribution < 1.29 is 9.53 Å². The fraction of sp³-hybridized carbons (Fsp3) is 0.133. The van der Waals surface area contributed by atoms with Gasteiger partial charge in [-0.3, -0.25) is 4.79 Å². The summed E-state index contributed by atoms with van der Waals surface area (Å²) in [6.45, 7) is 0.453. The van der Waals surface area contributed by atoms with Crippen LogP contribution in [0.5, 0.6) is 0 Å². The lowest BCUT2D eigenvalue weighted by atomic mass is 10.0. The van der Waals surface area contributed by atoms with E-state index in [-0.39, 0.29) is 36.5 Å². The van der Waals surface area contributed by atoms with Crippen LogP contribution in [0, 0.1) is 0 Å². The molecule has 0 bridgehead atoms. The van der Waals surface area contributed by atoms with Crippen LogP contribution in [0.4, 0.5) is 0 Å². The van der Waals surface area contributed by atoms with Crippen molar-refractivity contribution in [1.82, 2.24) is 0 Å². The lowest BCUT2D eigenvalue weighted by Crippen LogP contribution is -2.05. The molecule has 0 amide bonds. The Balaban J connectivity index is 2.50. The molecule has 0 unspecified atom stereocenters. The number of halogens is 5. The molecule has 22 heavy (non-hydrogen) atoms. The summed E-state index contributed by atoms with van der Waals surface area (Å²) in [6.07, 6.45) is 0. The first-order chi connectivity index (χ1) is 10.4. The molecule has 0 aliphatic heterocycles. The highest BCUT2D eigenvalue weighted by Gasteiger charge is 2.24. The summed E-state index contributed by atoms with van der Waals surface area (Å²) in [5.74, 6) is -0.389. The lowest BCUT2D eigenvalue weighted by Gasteiger charge is -2.12. The van der Waals surface area contributed by atoms with Gasteiger partial charge in [-0.1, -0.05) is 82.3 Å². The predicted molar refractivity (Wildman–Crippen MR) is 92.1 cm³/mol. The van der Waals surface area contributed by atoms with Gasteiger partial charge in [0, 0.05) is 12.7 Å². The molecule has 7 heteroatoms. The quantitative estimate of drug-likeness (QED) is 0.342. The van der Waals surface area contributed by atoms with Gasteiger partial charge in [0.25, 0.3) is 0 Å². The van der Waals surface area contributed by atoms with Crippen LogP contribution < -0.4 is 0 Å². The van der Waals surface area contributed by atoms with Crippen molar-refractivity contribution in [3.63, 3.8) is 0 Å². The van der Waals surface area contributed by atoms with Crippen molar-refractivity contribution >= 4 is 63.8 Å². The summed E-state index contributed by atoms with van der Waals surface area (Å²) in [7, 11) is 1.59. The molecule has 116 valence electrons. The number of methoxy groups -OCH3 is 1. The van der Waals surface area contributed by atoms with Gasteiger partial charge in [-0.05, 0) is 5.56 Å². The van der Waals surface area contributed by atoms with Gasteiger partial charge in [-0.15, -0.1) is 0 Å². The molecule has 0 aromatic heterocycles. The fourth-order valence-electron chi connectivity index (χ4n) is 1.87. The highest BCUT2D eigenvalue weighted by Crippen LogP contribution is 2.44. The predicted octanol–water partition coefficient (Wildman–Crippen LogP) is 6.33. The highest BCUT2D eigenvalue weighted by molar-refractivity contribution is 6.56. The van der Waals surface area contributed by atoms with Crippen molar-refractivity contribution in [3.8, 4) is 0 Å². The van der Waals surface area contributed by atoms with Gasteiger partial charge < -0.3 is 4.74 Å². The van der Waals surface area contributed by atoms with Crippen molar-refractivity contribution in [1.29, 1.82) is 0 Å². The van der Waals surface area contributed by atoms with E-state index in [0.29, 0.717) is 12.2 Å². The third-order valence-corrected chi connectivity index (χ3v) is 5.24. The molecule has 0 saturated carbocycles. The van der Waals surface area contributed by atoms with E-state index in [1.165, 1.54) is 0 Å². The molecule has 0 aliphatic carbocycles. The van der Waals surface area contributed by atoms with Gasteiger partial charge >= 0.3 is 0 Å². The molecule has 0 radical (unpaired) electrons. The number of ether oxygens (including phenoxy) is 1. The minimum Gasteiger partial charge on any atom is -0.380 e. The van der Waals surface area contributed by atoms with Gasteiger partial charge in [0.15, 0.2) is 5.78 Å². The first-order valence-electron chi connectivity index (χ1n) is 6.02. The first-order valence-corrected chi connectivity index (χ1v) is 7.91. The van der Waals surface area contributed by atoms with Crippen LogP contribution in [0.2, 0.25) is 25.1 Å². The maximum absolute atomic E-state index is 12.6. The van der Waals surface area contributed by atoms with E-state index in [0.717, 1.165) is 5.56 Å². The maximum Gasteiger partial charge on any atom is 0.196 e. The Kier molecular flexibility index (Phi) is 6.00. The molecule has 0 heterocycles. The Bertz CT molecular complexity index is 697. The second kappa shape index (κ2) is 7.39. The summed E-state index contributed by atoms with van der Waals surface area (Å²) >= 11 is 30.1. The summed E-state index contributed by atoms with van der Waals surface area (Å²) in [4.78, 5) is 12.6. The first kappa shape index (κ1) is 17.9. The zero-order chi connectivity index (χ0) is 16.4. The summed E-state index contributed by atoms with van der Waals surface area (Å²) < 4.78 is 5.02. The van der Waals surface area contributed by atoms with Gasteiger partial charge in [0.1, 0.15) is 0 Å². The smallest absolute Gasteiger partial charge is 0.196 e. The molecular formula is C15H9Cl5O2. The monoisotopic (exact) mass is 396 g/mol. The van der Waals surface area contributed by atoms with Crippen LogP contribution >= 0.6 is 58.0 Å². The molecule has 0 fully saturated rings. The van der Waals surface area contributed by atoms with E-state index in [1.807, 2.05) is 0 Å². The average molecular weight is 399 g/mol. The maximum atomic E-state index is 12.6. The van der Waals surface area contributed by atoms with E-state index in [1.54, 1.807) is 31.4 Å². The van der Waals surface area contributed by atoms with Gasteiger partial charge in [0.2, 0.25) is 0 Å². The number of hydrogen-bond acceptors (Lipinski definition) is 2. The van der Waals surface area contributed by atoms with E-state index in [2.05, 4.69) is 0 Å². The lowest BCUT2D eigenvalue weighted by molar-refractivity contribution is 0.103. The van der Waals surface area contributed by atoms with Crippen molar-refractivity contribution in [2.24, 2.45) is 0 Å². The Morgan fingerprint density at radius 2 is 1.32 bits per heavy atom. The molecule has 2 nitrogen and oxygen atoms in total. The van der Waals surface area contributed by atoms with Crippen LogP contribution in [-0.4, -0.2) is 12.9 Å². The minimum atomic E-state index is -0.389. The third kappa shape index (κ3) is 3.38. The van der Waals surface area contributed by atoms with Crippen LogP contribution in [-0.2, 0) is 11.3 Å². The number of rotatable bonds is 4. The SMILES string of the molecule is COCc1ccc(C(=O)c2c(Cl)c(Cl)c(Cl)c(Cl)c2Cl)cc1. The van der Waals surface area contributed by atoms with Gasteiger partial charge in [-0.2, -0.15) is 0 Å². The Hall–Kier alpha value is -0.480. The normalized spacial score (nSPS) is 10.8. The second-order valence-electron chi connectivity index (χ2n) is 4.40. The zero-order valence-electron chi connectivity index (χ0n) is 11.2. The summed E-state index contributed by atoms with van der Waals surface area (Å²) in [5.41, 5.74) is 1.36. The van der Waals surface area contributed by atoms with Crippen LogP contribution in [0.25, 0.3) is 0 Å². The minimum absolute atomic E-state index is 0.00270. The van der Waals surface area contributed by atoms with E-state index >= 15 is 0 Å². The third-order valence-electron chi connectivity index (χ3n) is 2.96. The standard InChI is InChI=1S/C15H9Cl5O2/c1-22-6-7-2-4-8(5-3-7)15(21)9-10(16)12(18)14(20)13(19)11(9)17/h2-5H,6H2,1H3. The number of carbonyl (C=O) groups excluding carboxylic acids is 1. The average Bonchev–Trinajstić information content (AvgIpc) is 2.52. The topological polar surface area (TPSA) is 26.3 Å². The summed E-state index contributed by atoms with van der Waals surface area (Å²) in [5, 5.41) is -0.0291. The molecule has 2 aromatic rings. The van der Waals surface area contributed by atoms with Crippen molar-refractivity contribution in [2.75, 3.05) is 7.11 Å². The largest absolute Gasteiger partial charge is 0.380 e. The fourth-order valence-corrected chi connectivity index (χ4v) is 3.18.